The van der Waals surface area contributed by atoms with Gasteiger partial charge in [0.2, 0.25) is 0 Å². The zero-order valence-corrected chi connectivity index (χ0v) is 15.0. The summed E-state index contributed by atoms with van der Waals surface area (Å²) in [5, 5.41) is 5.79. The van der Waals surface area contributed by atoms with Crippen molar-refractivity contribution in [1.29, 1.82) is 0 Å². The van der Waals surface area contributed by atoms with Gasteiger partial charge in [-0.1, -0.05) is 24.3 Å². The summed E-state index contributed by atoms with van der Waals surface area (Å²) < 4.78 is 5.49. The molecule has 1 atom stereocenters. The van der Waals surface area contributed by atoms with E-state index in [0.717, 1.165) is 30.6 Å². The second-order valence-electron chi connectivity index (χ2n) is 6.53. The van der Waals surface area contributed by atoms with Crippen LogP contribution in [0.5, 0.6) is 0 Å². The van der Waals surface area contributed by atoms with Crippen LogP contribution in [0.25, 0.3) is 0 Å². The molecule has 2 aromatic rings. The predicted octanol–water partition coefficient (Wildman–Crippen LogP) is 2.83. The highest BCUT2D eigenvalue weighted by molar-refractivity contribution is 5.97. The zero-order chi connectivity index (χ0) is 18.4. The Bertz CT molecular complexity index is 765. The first-order valence-electron chi connectivity index (χ1n) is 8.96. The topological polar surface area (TPSA) is 67.4 Å². The highest BCUT2D eigenvalue weighted by atomic mass is 16.5. The Morgan fingerprint density at radius 3 is 2.27 bits per heavy atom. The molecular formula is C21H24N2O3. The molecule has 0 spiro atoms. The fraction of sp³-hybridized carbons (Fsp3) is 0.333. The molecule has 1 heterocycles. The summed E-state index contributed by atoms with van der Waals surface area (Å²) in [5.41, 5.74) is 3.31. The van der Waals surface area contributed by atoms with Gasteiger partial charge >= 0.3 is 0 Å². The van der Waals surface area contributed by atoms with Crippen molar-refractivity contribution in [3.8, 4) is 0 Å². The molecule has 2 aromatic carbocycles. The number of nitrogens with one attached hydrogen (secondary N) is 2. The maximum Gasteiger partial charge on any atom is 0.251 e. The van der Waals surface area contributed by atoms with E-state index in [0.29, 0.717) is 24.2 Å². The summed E-state index contributed by atoms with van der Waals surface area (Å²) in [6.07, 6.45) is 2.15. The third kappa shape index (κ3) is 4.70. The Morgan fingerprint density at radius 2 is 1.65 bits per heavy atom. The van der Waals surface area contributed by atoms with E-state index in [1.54, 1.807) is 24.3 Å². The molecule has 1 unspecified atom stereocenters. The van der Waals surface area contributed by atoms with Gasteiger partial charge in [-0.3, -0.25) is 9.59 Å². The number of ether oxygens (including phenoxy) is 1. The summed E-state index contributed by atoms with van der Waals surface area (Å²) in [5.74, 6) is -0.299. The second-order valence-corrected chi connectivity index (χ2v) is 6.53. The van der Waals surface area contributed by atoms with Gasteiger partial charge in [0, 0.05) is 30.8 Å². The molecule has 1 fully saturated rings. The Labute approximate surface area is 153 Å². The van der Waals surface area contributed by atoms with E-state index in [2.05, 4.69) is 10.6 Å². The molecule has 1 aliphatic rings. The highest BCUT2D eigenvalue weighted by Crippen LogP contribution is 2.11. The number of benzene rings is 2. The summed E-state index contributed by atoms with van der Waals surface area (Å²) >= 11 is 0. The van der Waals surface area contributed by atoms with Crippen LogP contribution < -0.4 is 10.6 Å². The van der Waals surface area contributed by atoms with Crippen molar-refractivity contribution < 1.29 is 14.3 Å². The van der Waals surface area contributed by atoms with E-state index in [9.17, 15) is 9.59 Å². The van der Waals surface area contributed by atoms with E-state index < -0.39 is 0 Å². The van der Waals surface area contributed by atoms with Crippen molar-refractivity contribution >= 4 is 11.8 Å². The average molecular weight is 352 g/mol. The molecule has 5 heteroatoms. The van der Waals surface area contributed by atoms with Gasteiger partial charge in [-0.05, 0) is 55.2 Å². The second kappa shape index (κ2) is 8.63. The predicted molar refractivity (Wildman–Crippen MR) is 100 cm³/mol. The minimum absolute atomic E-state index is 0.116. The number of carbonyl (C=O) groups is 2. The molecule has 2 N–H and O–H groups in total. The number of rotatable bonds is 6. The molecule has 3 rings (SSSR count). The first-order valence-corrected chi connectivity index (χ1v) is 8.96. The molecular weight excluding hydrogens is 328 g/mol. The summed E-state index contributed by atoms with van der Waals surface area (Å²) in [4.78, 5) is 24.4. The molecule has 1 saturated heterocycles. The van der Waals surface area contributed by atoms with Crippen molar-refractivity contribution in [3.63, 3.8) is 0 Å². The SMILES string of the molecule is Cc1ccccc1CNC(=O)c1ccc(C(=O)NCC2CCCO2)cc1. The normalized spacial score (nSPS) is 16.3. The first kappa shape index (κ1) is 18.1. The van der Waals surface area contributed by atoms with Crippen LogP contribution in [0.15, 0.2) is 48.5 Å². The minimum Gasteiger partial charge on any atom is -0.376 e. The molecule has 1 aliphatic heterocycles. The number of aryl methyl sites for hydroxylation is 1. The fourth-order valence-corrected chi connectivity index (χ4v) is 2.97. The molecule has 26 heavy (non-hydrogen) atoms. The highest BCUT2D eigenvalue weighted by Gasteiger charge is 2.16. The fourth-order valence-electron chi connectivity index (χ4n) is 2.97. The van der Waals surface area contributed by atoms with Crippen LogP contribution in [0.4, 0.5) is 0 Å². The van der Waals surface area contributed by atoms with Gasteiger partial charge in [0.15, 0.2) is 0 Å². The van der Waals surface area contributed by atoms with E-state index in [-0.39, 0.29) is 17.9 Å². The van der Waals surface area contributed by atoms with Crippen LogP contribution in [0.3, 0.4) is 0 Å². The van der Waals surface area contributed by atoms with Gasteiger partial charge in [-0.2, -0.15) is 0 Å². The minimum atomic E-state index is -0.153. The number of amides is 2. The van der Waals surface area contributed by atoms with Crippen LogP contribution in [0, 0.1) is 6.92 Å². The smallest absolute Gasteiger partial charge is 0.251 e. The van der Waals surface area contributed by atoms with Crippen molar-refractivity contribution in [3.05, 3.63) is 70.8 Å². The average Bonchev–Trinajstić information content (AvgIpc) is 3.19. The zero-order valence-electron chi connectivity index (χ0n) is 15.0. The number of carbonyl (C=O) groups excluding carboxylic acids is 2. The van der Waals surface area contributed by atoms with Gasteiger partial charge in [-0.25, -0.2) is 0 Å². The lowest BCUT2D eigenvalue weighted by molar-refractivity contribution is 0.0857. The molecule has 5 nitrogen and oxygen atoms in total. The summed E-state index contributed by atoms with van der Waals surface area (Å²) in [6.45, 7) is 3.80. The van der Waals surface area contributed by atoms with Crippen LogP contribution in [0.1, 0.15) is 44.7 Å². The Kier molecular flexibility index (Phi) is 6.02. The lowest BCUT2D eigenvalue weighted by Gasteiger charge is -2.11. The molecule has 0 bridgehead atoms. The summed E-state index contributed by atoms with van der Waals surface area (Å²) in [7, 11) is 0. The van der Waals surface area contributed by atoms with Gasteiger partial charge < -0.3 is 15.4 Å². The van der Waals surface area contributed by atoms with Gasteiger partial charge in [0.05, 0.1) is 6.10 Å². The van der Waals surface area contributed by atoms with E-state index in [4.69, 9.17) is 4.74 Å². The molecule has 0 saturated carbocycles. The summed E-state index contributed by atoms with van der Waals surface area (Å²) in [6, 6.07) is 14.6. The molecule has 2 amide bonds. The standard InChI is InChI=1S/C21H24N2O3/c1-15-5-2-3-6-18(15)13-22-20(24)16-8-10-17(11-9-16)21(25)23-14-19-7-4-12-26-19/h2-3,5-6,8-11,19H,4,7,12-14H2,1H3,(H,22,24)(H,23,25). The van der Waals surface area contributed by atoms with E-state index >= 15 is 0 Å². The van der Waals surface area contributed by atoms with E-state index in [1.807, 2.05) is 31.2 Å². The first-order chi connectivity index (χ1) is 12.6. The molecule has 0 aromatic heterocycles. The van der Waals surface area contributed by atoms with Crippen molar-refractivity contribution in [1.82, 2.24) is 10.6 Å². The van der Waals surface area contributed by atoms with Gasteiger partial charge in [0.25, 0.3) is 11.8 Å². The van der Waals surface area contributed by atoms with Gasteiger partial charge in [-0.15, -0.1) is 0 Å². The van der Waals surface area contributed by atoms with Crippen molar-refractivity contribution in [2.45, 2.75) is 32.4 Å². The largest absolute Gasteiger partial charge is 0.376 e. The monoisotopic (exact) mass is 352 g/mol. The lowest BCUT2D eigenvalue weighted by atomic mass is 10.1. The lowest BCUT2D eigenvalue weighted by Crippen LogP contribution is -2.31. The Balaban J connectivity index is 1.52. The van der Waals surface area contributed by atoms with Crippen LogP contribution in [-0.4, -0.2) is 31.1 Å². The molecule has 136 valence electrons. The van der Waals surface area contributed by atoms with Crippen molar-refractivity contribution in [2.75, 3.05) is 13.2 Å². The third-order valence-corrected chi connectivity index (χ3v) is 4.62. The Hall–Kier alpha value is -2.66. The molecule has 0 aliphatic carbocycles. The van der Waals surface area contributed by atoms with Crippen LogP contribution in [0.2, 0.25) is 0 Å². The third-order valence-electron chi connectivity index (χ3n) is 4.62. The quantitative estimate of drug-likeness (QED) is 0.840. The number of hydrogen-bond donors (Lipinski definition) is 2. The maximum absolute atomic E-state index is 12.3. The van der Waals surface area contributed by atoms with E-state index in [1.165, 1.54) is 0 Å². The maximum atomic E-state index is 12.3. The van der Waals surface area contributed by atoms with Crippen molar-refractivity contribution in [2.24, 2.45) is 0 Å². The van der Waals surface area contributed by atoms with Crippen LogP contribution in [-0.2, 0) is 11.3 Å². The molecule has 0 radical (unpaired) electrons. The number of hydrogen-bond acceptors (Lipinski definition) is 3. The van der Waals surface area contributed by atoms with Crippen LogP contribution >= 0.6 is 0 Å². The van der Waals surface area contributed by atoms with Gasteiger partial charge in [0.1, 0.15) is 0 Å². The Morgan fingerprint density at radius 1 is 1.00 bits per heavy atom.